The van der Waals surface area contributed by atoms with Gasteiger partial charge in [-0.2, -0.15) is 5.10 Å². The highest BCUT2D eigenvalue weighted by atomic mass is 79.9. The monoisotopic (exact) mass is 546 g/mol. The number of hydrogen-bond donors (Lipinski definition) is 0. The van der Waals surface area contributed by atoms with E-state index in [2.05, 4.69) is 40.1 Å². The van der Waals surface area contributed by atoms with Gasteiger partial charge in [-0.15, -0.1) is 0 Å². The third kappa shape index (κ3) is 5.40. The molecule has 0 aliphatic heterocycles. The van der Waals surface area contributed by atoms with Crippen molar-refractivity contribution < 1.29 is 18.8 Å². The lowest BCUT2D eigenvalue weighted by molar-refractivity contribution is 0.0153. The number of fused-ring (bicyclic) bond motifs is 1. The van der Waals surface area contributed by atoms with E-state index < -0.39 is 5.60 Å². The van der Waals surface area contributed by atoms with Crippen LogP contribution in [0.2, 0.25) is 0 Å². The number of aromatic nitrogens is 3. The minimum atomic E-state index is -0.555. The molecule has 8 nitrogen and oxygen atoms in total. The first kappa shape index (κ1) is 25.7. The summed E-state index contributed by atoms with van der Waals surface area (Å²) in [5.74, 6) is 0.749. The van der Waals surface area contributed by atoms with Crippen molar-refractivity contribution >= 4 is 32.9 Å². The average molecular weight is 547 g/mol. The second-order valence-corrected chi connectivity index (χ2v) is 11.1. The van der Waals surface area contributed by atoms with Crippen molar-refractivity contribution in [2.45, 2.75) is 85.0 Å². The van der Waals surface area contributed by atoms with E-state index >= 15 is 0 Å². The van der Waals surface area contributed by atoms with Crippen LogP contribution < -0.4 is 0 Å². The predicted molar refractivity (Wildman–Crippen MR) is 138 cm³/mol. The topological polar surface area (TPSA) is 82.6 Å². The van der Waals surface area contributed by atoms with Crippen molar-refractivity contribution in [2.24, 2.45) is 0 Å². The van der Waals surface area contributed by atoms with E-state index in [0.29, 0.717) is 13.2 Å². The number of carbonyl (C=O) groups excluding carboxylic acids is 1. The van der Waals surface area contributed by atoms with Gasteiger partial charge in [-0.25, -0.2) is 4.79 Å². The van der Waals surface area contributed by atoms with Crippen molar-refractivity contribution in [1.82, 2.24) is 19.8 Å². The Balaban J connectivity index is 1.85. The van der Waals surface area contributed by atoms with Crippen molar-refractivity contribution in [1.29, 1.82) is 0 Å². The Kier molecular flexibility index (Phi) is 7.29. The average Bonchev–Trinajstić information content (AvgIpc) is 3.47. The van der Waals surface area contributed by atoms with Gasteiger partial charge in [-0.05, 0) is 100.0 Å². The Morgan fingerprint density at radius 1 is 1.31 bits per heavy atom. The zero-order chi connectivity index (χ0) is 25.5. The maximum atomic E-state index is 13.2. The highest BCUT2D eigenvalue weighted by Crippen LogP contribution is 2.42. The summed E-state index contributed by atoms with van der Waals surface area (Å²) < 4.78 is 19.3. The lowest BCUT2D eigenvalue weighted by Crippen LogP contribution is -2.39. The first-order chi connectivity index (χ1) is 16.5. The van der Waals surface area contributed by atoms with Crippen LogP contribution in [-0.4, -0.2) is 51.3 Å². The lowest BCUT2D eigenvalue weighted by atomic mass is 9.95. The molecule has 1 unspecified atom stereocenters. The van der Waals surface area contributed by atoms with Crippen LogP contribution in [0.5, 0.6) is 0 Å². The Morgan fingerprint density at radius 3 is 2.60 bits per heavy atom. The van der Waals surface area contributed by atoms with Crippen LogP contribution >= 0.6 is 15.9 Å². The molecule has 0 spiro atoms. The molecular weight excluding hydrogens is 512 g/mol. The molecule has 1 saturated carbocycles. The predicted octanol–water partition coefficient (Wildman–Crippen LogP) is 6.57. The number of benzene rings is 1. The zero-order valence-electron chi connectivity index (χ0n) is 21.6. The van der Waals surface area contributed by atoms with Gasteiger partial charge in [0.2, 0.25) is 0 Å². The van der Waals surface area contributed by atoms with E-state index in [1.165, 1.54) is 0 Å². The fourth-order valence-corrected chi connectivity index (χ4v) is 5.17. The van der Waals surface area contributed by atoms with Gasteiger partial charge in [0.05, 0.1) is 17.3 Å². The highest BCUT2D eigenvalue weighted by Gasteiger charge is 2.39. The largest absolute Gasteiger partial charge is 0.444 e. The van der Waals surface area contributed by atoms with Crippen molar-refractivity contribution in [3.8, 4) is 11.1 Å². The standard InChI is InChI=1S/C26H35BrN4O4/c1-15-22(17(3)35-29-15)20-13-18(14-21-23(20)24(27)28-30(21)11-8-12-33-7)16(2)31(19-9-10-19)25(32)34-26(4,5)6/h13-14,16,19H,8-12H2,1-7H3. The molecule has 0 saturated heterocycles. The van der Waals surface area contributed by atoms with Crippen LogP contribution in [0, 0.1) is 13.8 Å². The third-order valence-corrected chi connectivity index (χ3v) is 6.85. The molecule has 0 bridgehead atoms. The summed E-state index contributed by atoms with van der Waals surface area (Å²) in [6.07, 6.45) is 2.54. The molecule has 1 aliphatic carbocycles. The first-order valence-corrected chi connectivity index (χ1v) is 12.9. The molecule has 9 heteroatoms. The normalized spacial score (nSPS) is 15.0. The summed E-state index contributed by atoms with van der Waals surface area (Å²) in [6, 6.07) is 4.30. The summed E-state index contributed by atoms with van der Waals surface area (Å²) >= 11 is 3.69. The molecule has 2 heterocycles. The van der Waals surface area contributed by atoms with Crippen molar-refractivity contribution in [3.63, 3.8) is 0 Å². The first-order valence-electron chi connectivity index (χ1n) is 12.1. The molecule has 0 radical (unpaired) electrons. The summed E-state index contributed by atoms with van der Waals surface area (Å²) in [4.78, 5) is 15.1. The zero-order valence-corrected chi connectivity index (χ0v) is 23.2. The number of nitrogens with zero attached hydrogens (tertiary/aromatic N) is 4. The number of rotatable bonds is 8. The van der Waals surface area contributed by atoms with Crippen LogP contribution in [-0.2, 0) is 16.0 Å². The van der Waals surface area contributed by atoms with Crippen LogP contribution in [0.15, 0.2) is 21.3 Å². The van der Waals surface area contributed by atoms with Gasteiger partial charge in [-0.3, -0.25) is 9.58 Å². The number of aryl methyl sites for hydroxylation is 3. The quantitative estimate of drug-likeness (QED) is 0.297. The summed E-state index contributed by atoms with van der Waals surface area (Å²) in [5, 5.41) is 9.99. The Bertz CT molecular complexity index is 1200. The van der Waals surface area contributed by atoms with Crippen molar-refractivity contribution in [2.75, 3.05) is 13.7 Å². The van der Waals surface area contributed by atoms with Gasteiger partial charge in [0.25, 0.3) is 0 Å². The minimum absolute atomic E-state index is 0.179. The molecule has 0 N–H and O–H groups in total. The molecule has 4 rings (SSSR count). The molecule has 35 heavy (non-hydrogen) atoms. The van der Waals surface area contributed by atoms with Gasteiger partial charge in [0.15, 0.2) is 0 Å². The molecule has 1 amide bonds. The Hall–Kier alpha value is -2.39. The second-order valence-electron chi connectivity index (χ2n) is 10.3. The molecule has 190 valence electrons. The minimum Gasteiger partial charge on any atom is -0.444 e. The molecule has 1 fully saturated rings. The number of carbonyl (C=O) groups is 1. The second kappa shape index (κ2) is 9.93. The number of methoxy groups -OCH3 is 1. The lowest BCUT2D eigenvalue weighted by Gasteiger charge is -2.32. The number of hydrogen-bond acceptors (Lipinski definition) is 6. The SMILES string of the molecule is COCCCn1nc(Br)c2c(-c3c(C)noc3C)cc(C(C)N(C(=O)OC(C)(C)C)C3CC3)cc21. The summed E-state index contributed by atoms with van der Waals surface area (Å²) in [6.45, 7) is 13.0. The van der Waals surface area contributed by atoms with Gasteiger partial charge in [0, 0.05) is 37.3 Å². The van der Waals surface area contributed by atoms with E-state index in [0.717, 1.165) is 62.9 Å². The number of ether oxygens (including phenoxy) is 2. The molecule has 1 aliphatic rings. The molecule has 3 aromatic rings. The van der Waals surface area contributed by atoms with Crippen LogP contribution in [0.25, 0.3) is 22.0 Å². The smallest absolute Gasteiger partial charge is 0.411 e. The van der Waals surface area contributed by atoms with Crippen LogP contribution in [0.1, 0.15) is 70.0 Å². The van der Waals surface area contributed by atoms with Gasteiger partial charge < -0.3 is 14.0 Å². The van der Waals surface area contributed by atoms with E-state index in [9.17, 15) is 4.79 Å². The Labute approximate surface area is 215 Å². The van der Waals surface area contributed by atoms with Gasteiger partial charge >= 0.3 is 6.09 Å². The van der Waals surface area contributed by atoms with Gasteiger partial charge in [-0.1, -0.05) is 5.16 Å². The highest BCUT2D eigenvalue weighted by molar-refractivity contribution is 9.10. The van der Waals surface area contributed by atoms with Crippen molar-refractivity contribution in [3.05, 3.63) is 33.8 Å². The molecular formula is C26H35BrN4O4. The van der Waals surface area contributed by atoms with E-state index in [4.69, 9.17) is 19.1 Å². The van der Waals surface area contributed by atoms with Crippen LogP contribution in [0.3, 0.4) is 0 Å². The molecule has 1 aromatic carbocycles. The van der Waals surface area contributed by atoms with E-state index in [-0.39, 0.29) is 18.2 Å². The maximum absolute atomic E-state index is 13.2. The Morgan fingerprint density at radius 2 is 2.03 bits per heavy atom. The summed E-state index contributed by atoms with van der Waals surface area (Å²) in [5.41, 5.74) is 4.22. The van der Waals surface area contributed by atoms with Gasteiger partial charge in [0.1, 0.15) is 16.0 Å². The fraction of sp³-hybridized carbons (Fsp3) is 0.577. The van der Waals surface area contributed by atoms with E-state index in [1.54, 1.807) is 7.11 Å². The molecule has 2 aromatic heterocycles. The maximum Gasteiger partial charge on any atom is 0.411 e. The molecule has 1 atom stereocenters. The van der Waals surface area contributed by atoms with E-state index in [1.807, 2.05) is 44.2 Å². The van der Waals surface area contributed by atoms with Crippen LogP contribution in [0.4, 0.5) is 4.79 Å². The number of halogens is 1. The number of amides is 1. The summed E-state index contributed by atoms with van der Waals surface area (Å²) in [7, 11) is 1.70. The fourth-order valence-electron chi connectivity index (χ4n) is 4.57. The third-order valence-electron chi connectivity index (χ3n) is 6.30.